The smallest absolute Gasteiger partial charge is 0.200 e. The summed E-state index contributed by atoms with van der Waals surface area (Å²) in [6.07, 6.45) is 0. The molecule has 1 aromatic carbocycles. The van der Waals surface area contributed by atoms with Crippen LogP contribution in [0.5, 0.6) is 0 Å². The van der Waals surface area contributed by atoms with E-state index < -0.39 is 0 Å². The number of hydrogen-bond acceptors (Lipinski definition) is 3. The minimum absolute atomic E-state index is 0.0918. The fourth-order valence-electron chi connectivity index (χ4n) is 1.45. The van der Waals surface area contributed by atoms with E-state index in [0.717, 1.165) is 22.7 Å². The topological polar surface area (TPSA) is 38.1 Å². The molecule has 0 saturated heterocycles. The van der Waals surface area contributed by atoms with Gasteiger partial charge < -0.3 is 9.73 Å². The molecule has 0 saturated carbocycles. The van der Waals surface area contributed by atoms with E-state index in [0.29, 0.717) is 4.32 Å². The van der Waals surface area contributed by atoms with Gasteiger partial charge in [-0.2, -0.15) is 0 Å². The number of oxazole rings is 1. The summed E-state index contributed by atoms with van der Waals surface area (Å²) in [5, 5.41) is 2.95. The summed E-state index contributed by atoms with van der Waals surface area (Å²) in [4.78, 5) is 4.46. The number of fused-ring (bicyclic) bond motifs is 1. The second-order valence-electron chi connectivity index (χ2n) is 4.88. The van der Waals surface area contributed by atoms with Crippen LogP contribution in [0.1, 0.15) is 26.7 Å². The fraction of sp³-hybridized carbons (Fsp3) is 0.333. The number of rotatable bonds is 1. The summed E-state index contributed by atoms with van der Waals surface area (Å²) in [6.45, 7) is 6.21. The van der Waals surface area contributed by atoms with Crippen molar-refractivity contribution in [1.82, 2.24) is 4.98 Å². The molecular formula is C12H14N2OS2. The Morgan fingerprint density at radius 3 is 2.71 bits per heavy atom. The zero-order chi connectivity index (χ0) is 12.6. The molecule has 0 unspecified atom stereocenters. The summed E-state index contributed by atoms with van der Waals surface area (Å²) < 4.78 is 6.17. The highest BCUT2D eigenvalue weighted by Crippen LogP contribution is 2.27. The first kappa shape index (κ1) is 12.4. The van der Waals surface area contributed by atoms with E-state index in [2.05, 4.69) is 43.7 Å². The molecule has 1 aromatic heterocycles. The van der Waals surface area contributed by atoms with E-state index in [1.54, 1.807) is 0 Å². The van der Waals surface area contributed by atoms with Gasteiger partial charge in [0.25, 0.3) is 0 Å². The molecule has 0 amide bonds. The quantitative estimate of drug-likeness (QED) is 0.609. The van der Waals surface area contributed by atoms with Gasteiger partial charge in [0.1, 0.15) is 9.84 Å². The van der Waals surface area contributed by atoms with E-state index in [9.17, 15) is 0 Å². The van der Waals surface area contributed by atoms with Crippen molar-refractivity contribution in [2.75, 3.05) is 5.32 Å². The molecule has 1 N–H and O–H groups in total. The van der Waals surface area contributed by atoms with E-state index >= 15 is 0 Å². The molecule has 17 heavy (non-hydrogen) atoms. The maximum Gasteiger partial charge on any atom is 0.200 e. The highest BCUT2D eigenvalue weighted by Gasteiger charge is 2.20. The van der Waals surface area contributed by atoms with Crippen molar-refractivity contribution < 1.29 is 4.42 Å². The minimum atomic E-state index is -0.0918. The number of benzene rings is 1. The average molecular weight is 266 g/mol. The lowest BCUT2D eigenvalue weighted by Gasteiger charge is -2.11. The van der Waals surface area contributed by atoms with Gasteiger partial charge in [0.2, 0.25) is 5.89 Å². The highest BCUT2D eigenvalue weighted by molar-refractivity contribution is 8.11. The molecule has 90 valence electrons. The summed E-state index contributed by atoms with van der Waals surface area (Å²) in [6, 6.07) is 5.68. The normalized spacial score (nSPS) is 11.8. The summed E-state index contributed by atoms with van der Waals surface area (Å²) in [5.74, 6) is 0.734. The molecule has 0 fully saturated rings. The summed E-state index contributed by atoms with van der Waals surface area (Å²) in [7, 11) is 0. The van der Waals surface area contributed by atoms with Gasteiger partial charge in [-0.05, 0) is 12.1 Å². The second-order valence-corrected chi connectivity index (χ2v) is 6.04. The lowest BCUT2D eigenvalue weighted by Crippen LogP contribution is -2.10. The maximum atomic E-state index is 5.74. The third-order valence-corrected chi connectivity index (χ3v) is 2.50. The van der Waals surface area contributed by atoms with Crippen molar-refractivity contribution in [3.63, 3.8) is 0 Å². The summed E-state index contributed by atoms with van der Waals surface area (Å²) in [5.41, 5.74) is 2.37. The van der Waals surface area contributed by atoms with Crippen LogP contribution in [0.4, 0.5) is 5.69 Å². The molecule has 2 rings (SSSR count). The Bertz CT molecular complexity index is 569. The van der Waals surface area contributed by atoms with Crippen molar-refractivity contribution in [2.24, 2.45) is 0 Å². The van der Waals surface area contributed by atoms with Gasteiger partial charge in [-0.15, -0.1) is 12.6 Å². The molecule has 0 bridgehead atoms. The van der Waals surface area contributed by atoms with Crippen LogP contribution >= 0.6 is 24.8 Å². The van der Waals surface area contributed by atoms with Crippen LogP contribution in [-0.2, 0) is 5.41 Å². The van der Waals surface area contributed by atoms with E-state index in [1.807, 2.05) is 18.2 Å². The second kappa shape index (κ2) is 4.31. The molecule has 0 radical (unpaired) electrons. The summed E-state index contributed by atoms with van der Waals surface area (Å²) >= 11 is 8.90. The molecule has 0 atom stereocenters. The number of nitrogens with one attached hydrogen (secondary N) is 1. The van der Waals surface area contributed by atoms with Gasteiger partial charge in [0.05, 0.1) is 0 Å². The van der Waals surface area contributed by atoms with E-state index in [4.69, 9.17) is 16.6 Å². The molecule has 5 heteroatoms. The number of thiol groups is 1. The Hall–Kier alpha value is -1.07. The zero-order valence-corrected chi connectivity index (χ0v) is 11.7. The van der Waals surface area contributed by atoms with Gasteiger partial charge >= 0.3 is 0 Å². The van der Waals surface area contributed by atoms with E-state index in [1.165, 1.54) is 0 Å². The Labute approximate surface area is 111 Å². The Morgan fingerprint density at radius 1 is 1.41 bits per heavy atom. The molecule has 2 aromatic rings. The number of hydrogen-bond donors (Lipinski definition) is 2. The van der Waals surface area contributed by atoms with E-state index in [-0.39, 0.29) is 5.41 Å². The van der Waals surface area contributed by atoms with Crippen molar-refractivity contribution in [2.45, 2.75) is 26.2 Å². The highest BCUT2D eigenvalue weighted by atomic mass is 32.1. The fourth-order valence-corrected chi connectivity index (χ4v) is 1.69. The van der Waals surface area contributed by atoms with Crippen molar-refractivity contribution in [3.8, 4) is 0 Å². The predicted molar refractivity (Wildman–Crippen MR) is 77.9 cm³/mol. The van der Waals surface area contributed by atoms with Gasteiger partial charge in [0.15, 0.2) is 5.58 Å². The monoisotopic (exact) mass is 266 g/mol. The van der Waals surface area contributed by atoms with Gasteiger partial charge in [0, 0.05) is 17.2 Å². The third kappa shape index (κ3) is 2.79. The van der Waals surface area contributed by atoms with Crippen LogP contribution in [-0.4, -0.2) is 9.30 Å². The van der Waals surface area contributed by atoms with Crippen molar-refractivity contribution in [3.05, 3.63) is 24.1 Å². The molecule has 1 heterocycles. The average Bonchev–Trinajstić information content (AvgIpc) is 2.58. The Kier molecular flexibility index (Phi) is 3.14. The Balaban J connectivity index is 2.44. The lowest BCUT2D eigenvalue weighted by molar-refractivity contribution is 0.411. The lowest BCUT2D eigenvalue weighted by atomic mass is 9.97. The van der Waals surface area contributed by atoms with Gasteiger partial charge in [-0.1, -0.05) is 33.0 Å². The van der Waals surface area contributed by atoms with Gasteiger partial charge in [-0.25, -0.2) is 4.98 Å². The van der Waals surface area contributed by atoms with Crippen molar-refractivity contribution in [1.29, 1.82) is 0 Å². The number of nitrogens with zero attached hydrogens (tertiary/aromatic N) is 1. The number of thiocarbonyl (C=S) groups is 1. The first-order chi connectivity index (χ1) is 7.86. The van der Waals surface area contributed by atoms with Crippen LogP contribution < -0.4 is 5.32 Å². The molecule has 0 spiro atoms. The first-order valence-electron chi connectivity index (χ1n) is 5.27. The van der Waals surface area contributed by atoms with Crippen LogP contribution in [0.3, 0.4) is 0 Å². The van der Waals surface area contributed by atoms with Crippen molar-refractivity contribution >= 4 is 46.0 Å². The number of aromatic nitrogens is 1. The maximum absolute atomic E-state index is 5.74. The largest absolute Gasteiger partial charge is 0.440 e. The van der Waals surface area contributed by atoms with Crippen LogP contribution in [0, 0.1) is 0 Å². The Morgan fingerprint density at radius 2 is 2.12 bits per heavy atom. The van der Waals surface area contributed by atoms with Gasteiger partial charge in [-0.3, -0.25) is 0 Å². The number of anilines is 1. The molecule has 0 aliphatic carbocycles. The minimum Gasteiger partial charge on any atom is -0.440 e. The third-order valence-electron chi connectivity index (χ3n) is 2.28. The molecule has 0 aliphatic rings. The zero-order valence-electron chi connectivity index (χ0n) is 9.94. The standard InChI is InChI=1S/C12H14N2OS2/c1-12(2,3)10-14-8-5-4-7(13-11(16)17)6-9(8)15-10/h4-6H,1-3H3,(H2,13,16,17). The van der Waals surface area contributed by atoms with Crippen LogP contribution in [0.2, 0.25) is 0 Å². The SMILES string of the molecule is CC(C)(C)c1nc2ccc(NC(=S)S)cc2o1. The predicted octanol–water partition coefficient (Wildman–Crippen LogP) is 3.75. The van der Waals surface area contributed by atoms with Crippen LogP contribution in [0.15, 0.2) is 22.6 Å². The molecule has 0 aliphatic heterocycles. The molecule has 3 nitrogen and oxygen atoms in total. The molecular weight excluding hydrogens is 252 g/mol. The van der Waals surface area contributed by atoms with Crippen LogP contribution in [0.25, 0.3) is 11.1 Å². The first-order valence-corrected chi connectivity index (χ1v) is 6.13.